The Morgan fingerprint density at radius 1 is 1.40 bits per heavy atom. The van der Waals surface area contributed by atoms with Gasteiger partial charge in [0, 0.05) is 13.0 Å². The maximum Gasteiger partial charge on any atom is 0.235 e. The Morgan fingerprint density at radius 3 is 2.53 bits per heavy atom. The molecule has 0 aromatic carbocycles. The fourth-order valence-corrected chi connectivity index (χ4v) is 1.86. The SMILES string of the molecule is CCC1(C)CC(=O)N(CCCCN)C1=O. The van der Waals surface area contributed by atoms with Crippen LogP contribution >= 0.6 is 0 Å². The van der Waals surface area contributed by atoms with Crippen molar-refractivity contribution >= 4 is 11.8 Å². The molecule has 0 saturated carbocycles. The van der Waals surface area contributed by atoms with Gasteiger partial charge in [-0.15, -0.1) is 0 Å². The third-order valence-electron chi connectivity index (χ3n) is 3.22. The number of unbranched alkanes of at least 4 members (excludes halogenated alkanes) is 1. The fraction of sp³-hybridized carbons (Fsp3) is 0.818. The summed E-state index contributed by atoms with van der Waals surface area (Å²) in [6, 6.07) is 0. The van der Waals surface area contributed by atoms with Crippen LogP contribution in [-0.4, -0.2) is 29.8 Å². The zero-order valence-corrected chi connectivity index (χ0v) is 9.58. The molecule has 1 aliphatic rings. The lowest BCUT2D eigenvalue weighted by atomic mass is 9.86. The number of rotatable bonds is 5. The highest BCUT2D eigenvalue weighted by Gasteiger charge is 2.46. The monoisotopic (exact) mass is 212 g/mol. The highest BCUT2D eigenvalue weighted by atomic mass is 16.2. The molecule has 1 heterocycles. The first kappa shape index (κ1) is 12.2. The molecule has 1 rings (SSSR count). The van der Waals surface area contributed by atoms with E-state index in [-0.39, 0.29) is 11.8 Å². The maximum absolute atomic E-state index is 11.9. The summed E-state index contributed by atoms with van der Waals surface area (Å²) >= 11 is 0. The normalized spacial score (nSPS) is 26.5. The molecule has 0 aliphatic carbocycles. The van der Waals surface area contributed by atoms with E-state index in [0.717, 1.165) is 19.3 Å². The number of imide groups is 1. The van der Waals surface area contributed by atoms with Crippen molar-refractivity contribution in [3.05, 3.63) is 0 Å². The molecule has 2 N–H and O–H groups in total. The lowest BCUT2D eigenvalue weighted by Gasteiger charge is -2.20. The average Bonchev–Trinajstić information content (AvgIpc) is 2.42. The predicted molar refractivity (Wildman–Crippen MR) is 58.0 cm³/mol. The van der Waals surface area contributed by atoms with Gasteiger partial charge in [-0.05, 0) is 25.8 Å². The molecule has 1 fully saturated rings. The van der Waals surface area contributed by atoms with Crippen LogP contribution in [0.4, 0.5) is 0 Å². The van der Waals surface area contributed by atoms with E-state index in [4.69, 9.17) is 5.73 Å². The Kier molecular flexibility index (Phi) is 3.85. The Morgan fingerprint density at radius 2 is 2.07 bits per heavy atom. The van der Waals surface area contributed by atoms with Gasteiger partial charge in [-0.2, -0.15) is 0 Å². The summed E-state index contributed by atoms with van der Waals surface area (Å²) in [4.78, 5) is 25.0. The van der Waals surface area contributed by atoms with Crippen LogP contribution < -0.4 is 5.73 Å². The third-order valence-corrected chi connectivity index (χ3v) is 3.22. The van der Waals surface area contributed by atoms with Crippen LogP contribution in [0.5, 0.6) is 0 Å². The highest BCUT2D eigenvalue weighted by molar-refractivity contribution is 6.05. The van der Waals surface area contributed by atoms with Crippen molar-refractivity contribution in [1.29, 1.82) is 0 Å². The summed E-state index contributed by atoms with van der Waals surface area (Å²) in [5.74, 6) is -0.0339. The van der Waals surface area contributed by atoms with E-state index >= 15 is 0 Å². The second-order valence-electron chi connectivity index (χ2n) is 4.44. The topological polar surface area (TPSA) is 63.4 Å². The van der Waals surface area contributed by atoms with Crippen LogP contribution in [0.15, 0.2) is 0 Å². The molecule has 15 heavy (non-hydrogen) atoms. The molecule has 1 aliphatic heterocycles. The largest absolute Gasteiger partial charge is 0.330 e. The summed E-state index contributed by atoms with van der Waals surface area (Å²) in [5, 5.41) is 0. The molecule has 0 bridgehead atoms. The van der Waals surface area contributed by atoms with Crippen molar-refractivity contribution in [3.8, 4) is 0 Å². The van der Waals surface area contributed by atoms with E-state index < -0.39 is 5.41 Å². The van der Waals surface area contributed by atoms with E-state index in [1.54, 1.807) is 0 Å². The van der Waals surface area contributed by atoms with Gasteiger partial charge >= 0.3 is 0 Å². The van der Waals surface area contributed by atoms with E-state index in [0.29, 0.717) is 19.5 Å². The maximum atomic E-state index is 11.9. The summed E-state index contributed by atoms with van der Waals surface area (Å²) in [6.07, 6.45) is 2.77. The molecule has 1 unspecified atom stereocenters. The Labute approximate surface area is 90.8 Å². The van der Waals surface area contributed by atoms with Crippen molar-refractivity contribution in [1.82, 2.24) is 4.90 Å². The molecule has 4 heteroatoms. The molecule has 86 valence electrons. The molecule has 0 aromatic rings. The van der Waals surface area contributed by atoms with Crippen LogP contribution in [-0.2, 0) is 9.59 Å². The fourth-order valence-electron chi connectivity index (χ4n) is 1.86. The second-order valence-corrected chi connectivity index (χ2v) is 4.44. The van der Waals surface area contributed by atoms with E-state index in [1.807, 2.05) is 13.8 Å². The smallest absolute Gasteiger partial charge is 0.235 e. The van der Waals surface area contributed by atoms with Gasteiger partial charge in [0.15, 0.2) is 0 Å². The zero-order chi connectivity index (χ0) is 11.5. The molecule has 0 aromatic heterocycles. The summed E-state index contributed by atoms with van der Waals surface area (Å²) in [5.41, 5.74) is 4.92. The molecule has 2 amide bonds. The number of likely N-dealkylation sites (tertiary alicyclic amines) is 1. The molecule has 1 saturated heterocycles. The van der Waals surface area contributed by atoms with Crippen molar-refractivity contribution in [2.24, 2.45) is 11.1 Å². The van der Waals surface area contributed by atoms with E-state index in [9.17, 15) is 9.59 Å². The van der Waals surface area contributed by atoms with E-state index in [1.165, 1.54) is 4.90 Å². The number of nitrogens with two attached hydrogens (primary N) is 1. The number of amides is 2. The van der Waals surface area contributed by atoms with Crippen LogP contribution in [0, 0.1) is 5.41 Å². The first-order valence-corrected chi connectivity index (χ1v) is 5.60. The van der Waals surface area contributed by atoms with Gasteiger partial charge in [0.05, 0.1) is 5.41 Å². The standard InChI is InChI=1S/C11H20N2O2/c1-3-11(2)8-9(14)13(10(11)15)7-5-4-6-12/h3-8,12H2,1-2H3. The van der Waals surface area contributed by atoms with Crippen LogP contribution in [0.1, 0.15) is 39.5 Å². The van der Waals surface area contributed by atoms with Gasteiger partial charge in [-0.3, -0.25) is 14.5 Å². The minimum absolute atomic E-state index is 0.00739. The lowest BCUT2D eigenvalue weighted by Crippen LogP contribution is -2.34. The predicted octanol–water partition coefficient (Wildman–Crippen LogP) is 0.900. The van der Waals surface area contributed by atoms with E-state index in [2.05, 4.69) is 0 Å². The minimum atomic E-state index is -0.459. The number of carbonyl (C=O) groups excluding carboxylic acids is 2. The minimum Gasteiger partial charge on any atom is -0.330 e. The van der Waals surface area contributed by atoms with Gasteiger partial charge < -0.3 is 5.73 Å². The Bertz CT molecular complexity index is 265. The highest BCUT2D eigenvalue weighted by Crippen LogP contribution is 2.35. The van der Waals surface area contributed by atoms with Gasteiger partial charge in [-0.25, -0.2) is 0 Å². The number of hydrogen-bond donors (Lipinski definition) is 1. The number of carbonyl (C=O) groups is 2. The molecule has 0 spiro atoms. The first-order valence-electron chi connectivity index (χ1n) is 5.60. The Balaban J connectivity index is 2.59. The van der Waals surface area contributed by atoms with Crippen LogP contribution in [0.2, 0.25) is 0 Å². The first-order chi connectivity index (χ1) is 7.05. The second kappa shape index (κ2) is 4.75. The van der Waals surface area contributed by atoms with Crippen LogP contribution in [0.3, 0.4) is 0 Å². The van der Waals surface area contributed by atoms with Crippen molar-refractivity contribution in [2.75, 3.05) is 13.1 Å². The van der Waals surface area contributed by atoms with Gasteiger partial charge in [-0.1, -0.05) is 13.8 Å². The molecule has 1 atom stereocenters. The Hall–Kier alpha value is -0.900. The number of nitrogens with zero attached hydrogens (tertiary/aromatic N) is 1. The van der Waals surface area contributed by atoms with Gasteiger partial charge in [0.1, 0.15) is 0 Å². The molecular formula is C11H20N2O2. The van der Waals surface area contributed by atoms with Crippen molar-refractivity contribution in [3.63, 3.8) is 0 Å². The van der Waals surface area contributed by atoms with Crippen LogP contribution in [0.25, 0.3) is 0 Å². The zero-order valence-electron chi connectivity index (χ0n) is 9.58. The molecule has 0 radical (unpaired) electrons. The van der Waals surface area contributed by atoms with Gasteiger partial charge in [0.2, 0.25) is 11.8 Å². The molecule has 4 nitrogen and oxygen atoms in total. The quantitative estimate of drug-likeness (QED) is 0.544. The summed E-state index contributed by atoms with van der Waals surface area (Å²) in [7, 11) is 0. The average molecular weight is 212 g/mol. The number of hydrogen-bond acceptors (Lipinski definition) is 3. The lowest BCUT2D eigenvalue weighted by molar-refractivity contribution is -0.141. The van der Waals surface area contributed by atoms with Gasteiger partial charge in [0.25, 0.3) is 0 Å². The van der Waals surface area contributed by atoms with Crippen molar-refractivity contribution in [2.45, 2.75) is 39.5 Å². The third kappa shape index (κ3) is 2.37. The summed E-state index contributed by atoms with van der Waals surface area (Å²) < 4.78 is 0. The summed E-state index contributed by atoms with van der Waals surface area (Å²) in [6.45, 7) is 4.97. The molecular weight excluding hydrogens is 192 g/mol. The van der Waals surface area contributed by atoms with Crippen molar-refractivity contribution < 1.29 is 9.59 Å².